The quantitative estimate of drug-likeness (QED) is 0.164. The number of amidine groups is 1. The summed E-state index contributed by atoms with van der Waals surface area (Å²) in [7, 11) is 1.81. The number of nitrogens with one attached hydrogen (secondary N) is 2. The Morgan fingerprint density at radius 2 is 2.00 bits per heavy atom. The number of anilines is 2. The molecule has 0 saturated heterocycles. The van der Waals surface area contributed by atoms with Gasteiger partial charge in [0.05, 0.1) is 31.0 Å². The molecule has 0 radical (unpaired) electrons. The molecule has 34 heavy (non-hydrogen) atoms. The summed E-state index contributed by atoms with van der Waals surface area (Å²) in [4.78, 5) is 12.7. The van der Waals surface area contributed by atoms with Crippen LogP contribution in [0.1, 0.15) is 25.0 Å². The van der Waals surface area contributed by atoms with Gasteiger partial charge in [0.1, 0.15) is 11.7 Å². The van der Waals surface area contributed by atoms with E-state index in [2.05, 4.69) is 44.9 Å². The van der Waals surface area contributed by atoms with Gasteiger partial charge in [-0.15, -0.1) is 12.6 Å². The molecule has 0 saturated carbocycles. The second kappa shape index (κ2) is 15.1. The maximum atomic E-state index is 13.6. The van der Waals surface area contributed by atoms with Crippen molar-refractivity contribution < 1.29 is 17.9 Å². The van der Waals surface area contributed by atoms with E-state index in [0.29, 0.717) is 30.3 Å². The van der Waals surface area contributed by atoms with Gasteiger partial charge in [0.2, 0.25) is 0 Å². The number of aromatic nitrogens is 1. The lowest BCUT2D eigenvalue weighted by atomic mass is 10.1. The van der Waals surface area contributed by atoms with Crippen LogP contribution >= 0.6 is 12.6 Å². The van der Waals surface area contributed by atoms with Crippen LogP contribution in [-0.4, -0.2) is 50.9 Å². The highest BCUT2D eigenvalue weighted by atomic mass is 32.1. The summed E-state index contributed by atoms with van der Waals surface area (Å²) in [6.07, 6.45) is -2.26. The van der Waals surface area contributed by atoms with Gasteiger partial charge in [-0.05, 0) is 38.0 Å². The number of hydrogen-bond acceptors (Lipinski definition) is 7. The molecule has 1 aromatic heterocycles. The first kappa shape index (κ1) is 29.1. The summed E-state index contributed by atoms with van der Waals surface area (Å²) >= 11 is 4.30. The number of thiol groups is 1. The molecule has 2 aromatic rings. The van der Waals surface area contributed by atoms with Crippen LogP contribution in [0, 0.1) is 0 Å². The molecule has 1 heterocycles. The lowest BCUT2D eigenvalue weighted by molar-refractivity contribution is -0.137. The van der Waals surface area contributed by atoms with Gasteiger partial charge in [0, 0.05) is 35.0 Å². The minimum atomic E-state index is -4.65. The second-order valence-electron chi connectivity index (χ2n) is 6.50. The third kappa shape index (κ3) is 9.94. The fourth-order valence-corrected chi connectivity index (χ4v) is 2.83. The Kier molecular flexibility index (Phi) is 12.9. The van der Waals surface area contributed by atoms with Gasteiger partial charge in [-0.1, -0.05) is 19.9 Å². The van der Waals surface area contributed by atoms with Gasteiger partial charge in [-0.25, -0.2) is 4.98 Å². The number of rotatable bonds is 10. The molecule has 0 aliphatic rings. The number of nitrogens with two attached hydrogens (primary N) is 1. The highest BCUT2D eigenvalue weighted by Crippen LogP contribution is 2.35. The summed E-state index contributed by atoms with van der Waals surface area (Å²) in [5, 5.41) is 6.03. The zero-order valence-electron chi connectivity index (χ0n) is 19.5. The summed E-state index contributed by atoms with van der Waals surface area (Å²) in [6.45, 7) is 9.23. The number of aliphatic imine (C=N–C) groups is 2. The molecule has 1 aromatic carbocycles. The first-order valence-corrected chi connectivity index (χ1v) is 11.0. The van der Waals surface area contributed by atoms with Gasteiger partial charge in [0.15, 0.2) is 0 Å². The van der Waals surface area contributed by atoms with Gasteiger partial charge >= 0.3 is 6.18 Å². The maximum Gasteiger partial charge on any atom is 0.417 e. The van der Waals surface area contributed by atoms with Gasteiger partial charge in [-0.2, -0.15) is 13.2 Å². The van der Waals surface area contributed by atoms with Gasteiger partial charge in [-0.3, -0.25) is 9.98 Å². The first-order valence-electron chi connectivity index (χ1n) is 10.6. The number of alkyl halides is 3. The number of benzene rings is 1. The number of hydrogen-bond donors (Lipinski definition) is 4. The molecular formula is C23H31F3N6OS. The van der Waals surface area contributed by atoms with Gasteiger partial charge in [0.25, 0.3) is 0 Å². The lowest BCUT2D eigenvalue weighted by Gasteiger charge is -2.14. The van der Waals surface area contributed by atoms with Crippen molar-refractivity contribution in [3.63, 3.8) is 0 Å². The molecule has 0 atom stereocenters. The Hall–Kier alpha value is -2.89. The molecule has 0 spiro atoms. The first-order chi connectivity index (χ1) is 16.2. The topological polar surface area (TPSA) is 96.9 Å². The third-order valence-electron chi connectivity index (χ3n) is 4.08. The fourth-order valence-electron chi connectivity index (χ4n) is 2.61. The molecule has 4 N–H and O–H groups in total. The standard InChI is InChI=1S/C21H25F3N6OS.C2H6/c1-26-6-8-31-9-7-28-20(30-14-4-3-5-15(32)10-14)12-18(27-2)16-13-29-19(25)11-17(16)21(22,23)24;1-2/h3-5,10-13,26,32H,2,6-9H2,1H3,(H2,25,29)(H,28,30);1-2H3/b18-12-;. The molecule has 186 valence electrons. The number of nitrogen functional groups attached to an aromatic ring is 1. The Labute approximate surface area is 203 Å². The molecule has 0 aliphatic carbocycles. The van der Waals surface area contributed by atoms with Crippen molar-refractivity contribution in [3.8, 4) is 0 Å². The van der Waals surface area contributed by atoms with Crippen LogP contribution in [0.5, 0.6) is 0 Å². The number of nitrogens with zero attached hydrogens (tertiary/aromatic N) is 3. The largest absolute Gasteiger partial charge is 0.417 e. The summed E-state index contributed by atoms with van der Waals surface area (Å²) in [6, 6.07) is 7.87. The van der Waals surface area contributed by atoms with Crippen molar-refractivity contribution >= 4 is 42.4 Å². The van der Waals surface area contributed by atoms with Crippen LogP contribution < -0.4 is 16.4 Å². The van der Waals surface area contributed by atoms with Crippen molar-refractivity contribution in [1.29, 1.82) is 0 Å². The summed E-state index contributed by atoms with van der Waals surface area (Å²) in [5.41, 5.74) is 4.83. The van der Waals surface area contributed by atoms with Crippen LogP contribution in [0.3, 0.4) is 0 Å². The van der Waals surface area contributed by atoms with Crippen molar-refractivity contribution in [2.75, 3.05) is 44.4 Å². The average Bonchev–Trinajstić information content (AvgIpc) is 2.80. The van der Waals surface area contributed by atoms with Crippen LogP contribution in [0.2, 0.25) is 0 Å². The van der Waals surface area contributed by atoms with Crippen molar-refractivity contribution in [3.05, 3.63) is 53.7 Å². The molecule has 0 amide bonds. The van der Waals surface area contributed by atoms with Crippen LogP contribution in [0.4, 0.5) is 24.7 Å². The van der Waals surface area contributed by atoms with Crippen LogP contribution in [-0.2, 0) is 10.9 Å². The van der Waals surface area contributed by atoms with E-state index in [1.165, 1.54) is 6.08 Å². The molecular weight excluding hydrogens is 465 g/mol. The minimum absolute atomic E-state index is 0.0609. The Morgan fingerprint density at radius 3 is 2.62 bits per heavy atom. The molecule has 7 nitrogen and oxygen atoms in total. The molecule has 2 rings (SSSR count). The monoisotopic (exact) mass is 496 g/mol. The van der Waals surface area contributed by atoms with Gasteiger partial charge < -0.3 is 21.1 Å². The van der Waals surface area contributed by atoms with E-state index in [-0.39, 0.29) is 29.5 Å². The average molecular weight is 497 g/mol. The molecule has 0 unspecified atom stereocenters. The maximum absolute atomic E-state index is 13.6. The summed E-state index contributed by atoms with van der Waals surface area (Å²) < 4.78 is 46.1. The highest BCUT2D eigenvalue weighted by molar-refractivity contribution is 7.80. The van der Waals surface area contributed by atoms with E-state index >= 15 is 0 Å². The normalized spacial score (nSPS) is 12.1. The number of pyridine rings is 1. The zero-order chi connectivity index (χ0) is 25.6. The van der Waals surface area contributed by atoms with E-state index in [0.717, 1.165) is 12.3 Å². The van der Waals surface area contributed by atoms with Crippen molar-refractivity contribution in [2.24, 2.45) is 9.98 Å². The van der Waals surface area contributed by atoms with Crippen molar-refractivity contribution in [1.82, 2.24) is 10.3 Å². The molecule has 0 fully saturated rings. The van der Waals surface area contributed by atoms with E-state index in [9.17, 15) is 13.2 Å². The van der Waals surface area contributed by atoms with E-state index in [1.807, 2.05) is 20.9 Å². The van der Waals surface area contributed by atoms with E-state index in [1.54, 1.807) is 24.3 Å². The van der Waals surface area contributed by atoms with Crippen LogP contribution in [0.15, 0.2) is 57.5 Å². The zero-order valence-corrected chi connectivity index (χ0v) is 20.4. The molecule has 11 heteroatoms. The second-order valence-corrected chi connectivity index (χ2v) is 7.01. The van der Waals surface area contributed by atoms with E-state index in [4.69, 9.17) is 10.5 Å². The Bertz CT molecular complexity index is 979. The molecule has 0 aliphatic heterocycles. The number of halogens is 3. The van der Waals surface area contributed by atoms with E-state index < -0.39 is 11.7 Å². The smallest absolute Gasteiger partial charge is 0.384 e. The highest BCUT2D eigenvalue weighted by Gasteiger charge is 2.34. The molecule has 0 bridgehead atoms. The number of likely N-dealkylation sites (N-methyl/N-ethyl adjacent to an activating group) is 1. The predicted octanol–water partition coefficient (Wildman–Crippen LogP) is 4.79. The predicted molar refractivity (Wildman–Crippen MR) is 137 cm³/mol. The van der Waals surface area contributed by atoms with Crippen LogP contribution in [0.25, 0.3) is 5.70 Å². The Morgan fingerprint density at radius 1 is 1.26 bits per heavy atom. The summed E-state index contributed by atoms with van der Waals surface area (Å²) in [5.74, 6) is 0.0225. The van der Waals surface area contributed by atoms with Crippen molar-refractivity contribution in [2.45, 2.75) is 24.9 Å². The lowest BCUT2D eigenvalue weighted by Crippen LogP contribution is -2.16. The SMILES string of the molecule is C=N/C(=C\C(=NCCOCCNC)Nc1cccc(S)c1)c1cnc(N)cc1C(F)(F)F.CC. The minimum Gasteiger partial charge on any atom is -0.384 e. The fraction of sp³-hybridized carbons (Fsp3) is 0.348. The third-order valence-corrected chi connectivity index (χ3v) is 4.36. The Balaban J connectivity index is 0.00000281. The number of ether oxygens (including phenoxy) is 1.